The molecule has 2 rings (SSSR count). The van der Waals surface area contributed by atoms with Crippen LogP contribution in [0.1, 0.15) is 46.0 Å². The molecule has 1 atom stereocenters. The van der Waals surface area contributed by atoms with Gasteiger partial charge in [0, 0.05) is 52.5 Å². The number of hydrogen-bond donors (Lipinski definition) is 2. The van der Waals surface area contributed by atoms with E-state index in [1.807, 2.05) is 0 Å². The summed E-state index contributed by atoms with van der Waals surface area (Å²) in [6.07, 6.45) is 6.35. The van der Waals surface area contributed by atoms with Crippen molar-refractivity contribution in [2.24, 2.45) is 10.4 Å². The molecule has 6 heteroatoms. The second-order valence-corrected chi connectivity index (χ2v) is 7.52. The van der Waals surface area contributed by atoms with Crippen LogP contribution in [0.5, 0.6) is 0 Å². The fraction of sp³-hybridized carbons (Fsp3) is 0.947. The van der Waals surface area contributed by atoms with Crippen LogP contribution < -0.4 is 10.6 Å². The predicted molar refractivity (Wildman–Crippen MR) is 103 cm³/mol. The van der Waals surface area contributed by atoms with Crippen LogP contribution in [-0.2, 0) is 9.47 Å². The number of nitrogens with one attached hydrogen (secondary N) is 2. The zero-order valence-electron chi connectivity index (χ0n) is 16.5. The molecular formula is C19H38N4O2. The van der Waals surface area contributed by atoms with Crippen LogP contribution in [0.15, 0.2) is 4.99 Å². The summed E-state index contributed by atoms with van der Waals surface area (Å²) in [7, 11) is 1.80. The molecule has 25 heavy (non-hydrogen) atoms. The fourth-order valence-corrected chi connectivity index (χ4v) is 3.91. The molecule has 1 saturated carbocycles. The van der Waals surface area contributed by atoms with Gasteiger partial charge in [-0.15, -0.1) is 0 Å². The zero-order valence-corrected chi connectivity index (χ0v) is 16.5. The van der Waals surface area contributed by atoms with Gasteiger partial charge >= 0.3 is 0 Å². The third-order valence-corrected chi connectivity index (χ3v) is 5.65. The van der Waals surface area contributed by atoms with Crippen LogP contribution in [-0.4, -0.2) is 76.6 Å². The van der Waals surface area contributed by atoms with Gasteiger partial charge in [0.25, 0.3) is 0 Å². The number of morpholine rings is 1. The van der Waals surface area contributed by atoms with Crippen molar-refractivity contribution in [3.05, 3.63) is 0 Å². The Morgan fingerprint density at radius 2 is 1.96 bits per heavy atom. The molecule has 1 unspecified atom stereocenters. The van der Waals surface area contributed by atoms with Crippen molar-refractivity contribution in [1.82, 2.24) is 15.5 Å². The summed E-state index contributed by atoms with van der Waals surface area (Å²) in [6.45, 7) is 11.7. The van der Waals surface area contributed by atoms with Gasteiger partial charge in [0.15, 0.2) is 5.96 Å². The number of rotatable bonds is 9. The second kappa shape index (κ2) is 11.0. The highest BCUT2D eigenvalue weighted by Gasteiger charge is 2.33. The highest BCUT2D eigenvalue weighted by molar-refractivity contribution is 5.79. The quantitative estimate of drug-likeness (QED) is 0.489. The number of methoxy groups -OCH3 is 1. The van der Waals surface area contributed by atoms with Gasteiger partial charge in [0.1, 0.15) is 0 Å². The first-order valence-corrected chi connectivity index (χ1v) is 10.0. The van der Waals surface area contributed by atoms with Crippen LogP contribution in [0.4, 0.5) is 0 Å². The van der Waals surface area contributed by atoms with E-state index in [0.29, 0.717) is 11.5 Å². The first-order chi connectivity index (χ1) is 12.2. The largest absolute Gasteiger partial charge is 0.385 e. The lowest BCUT2D eigenvalue weighted by molar-refractivity contribution is 0.0211. The van der Waals surface area contributed by atoms with Crippen molar-refractivity contribution in [1.29, 1.82) is 0 Å². The average Bonchev–Trinajstić information content (AvgIpc) is 3.12. The molecule has 0 aromatic rings. The molecule has 2 aliphatic rings. The Morgan fingerprint density at radius 3 is 2.60 bits per heavy atom. The third kappa shape index (κ3) is 6.76. The molecule has 146 valence electrons. The zero-order chi connectivity index (χ0) is 18.0. The van der Waals surface area contributed by atoms with Gasteiger partial charge in [-0.1, -0.05) is 12.8 Å². The topological polar surface area (TPSA) is 58.1 Å². The van der Waals surface area contributed by atoms with E-state index in [1.54, 1.807) is 7.11 Å². The SMILES string of the molecule is CCNC(=NCC1(CCOC)CCCC1)NCC(C)N1CCOCC1. The summed E-state index contributed by atoms with van der Waals surface area (Å²) in [4.78, 5) is 7.42. The van der Waals surface area contributed by atoms with Crippen LogP contribution in [0.2, 0.25) is 0 Å². The minimum absolute atomic E-state index is 0.341. The summed E-state index contributed by atoms with van der Waals surface area (Å²) < 4.78 is 10.8. The fourth-order valence-electron chi connectivity index (χ4n) is 3.91. The smallest absolute Gasteiger partial charge is 0.191 e. The summed E-state index contributed by atoms with van der Waals surface area (Å²) in [6, 6.07) is 0.488. The summed E-state index contributed by atoms with van der Waals surface area (Å²) in [5, 5.41) is 6.94. The van der Waals surface area contributed by atoms with Gasteiger partial charge in [0.05, 0.1) is 13.2 Å². The molecule has 1 aliphatic carbocycles. The van der Waals surface area contributed by atoms with E-state index in [2.05, 4.69) is 29.4 Å². The van der Waals surface area contributed by atoms with Gasteiger partial charge in [-0.05, 0) is 38.5 Å². The van der Waals surface area contributed by atoms with E-state index in [4.69, 9.17) is 14.5 Å². The highest BCUT2D eigenvalue weighted by atomic mass is 16.5. The number of guanidine groups is 1. The maximum Gasteiger partial charge on any atom is 0.191 e. The van der Waals surface area contributed by atoms with E-state index in [0.717, 1.165) is 64.9 Å². The summed E-state index contributed by atoms with van der Waals surface area (Å²) in [5.41, 5.74) is 0.341. The minimum atomic E-state index is 0.341. The molecule has 6 nitrogen and oxygen atoms in total. The molecule has 0 aromatic heterocycles. The van der Waals surface area contributed by atoms with Gasteiger partial charge < -0.3 is 20.1 Å². The minimum Gasteiger partial charge on any atom is -0.385 e. The van der Waals surface area contributed by atoms with Gasteiger partial charge in [-0.2, -0.15) is 0 Å². The number of aliphatic imine (C=N–C) groups is 1. The molecule has 2 fully saturated rings. The van der Waals surface area contributed by atoms with Gasteiger partial charge in [0.2, 0.25) is 0 Å². The highest BCUT2D eigenvalue weighted by Crippen LogP contribution is 2.41. The van der Waals surface area contributed by atoms with Crippen molar-refractivity contribution in [3.63, 3.8) is 0 Å². The van der Waals surface area contributed by atoms with Gasteiger partial charge in [-0.3, -0.25) is 9.89 Å². The van der Waals surface area contributed by atoms with E-state index in [-0.39, 0.29) is 0 Å². The lowest BCUT2D eigenvalue weighted by Gasteiger charge is -2.32. The summed E-state index contributed by atoms with van der Waals surface area (Å²) >= 11 is 0. The maximum absolute atomic E-state index is 5.44. The third-order valence-electron chi connectivity index (χ3n) is 5.65. The number of nitrogens with zero attached hydrogens (tertiary/aromatic N) is 2. The molecule has 2 N–H and O–H groups in total. The lowest BCUT2D eigenvalue weighted by atomic mass is 9.83. The molecule has 0 radical (unpaired) electrons. The van der Waals surface area contributed by atoms with E-state index >= 15 is 0 Å². The number of ether oxygens (including phenoxy) is 2. The monoisotopic (exact) mass is 354 g/mol. The lowest BCUT2D eigenvalue weighted by Crippen LogP contribution is -2.49. The molecule has 1 saturated heterocycles. The Labute approximate surface area is 153 Å². The predicted octanol–water partition coefficient (Wildman–Crippen LogP) is 1.86. The normalized spacial score (nSPS) is 22.8. The van der Waals surface area contributed by atoms with Crippen molar-refractivity contribution in [2.45, 2.75) is 52.0 Å². The molecule has 0 bridgehead atoms. The Morgan fingerprint density at radius 1 is 1.24 bits per heavy atom. The standard InChI is InChI=1S/C19H38N4O2/c1-4-20-18(21-15-17(2)23-10-13-25-14-11-23)22-16-19(9-12-24-3)7-5-6-8-19/h17H,4-16H2,1-3H3,(H2,20,21,22). The van der Waals surface area contributed by atoms with E-state index < -0.39 is 0 Å². The van der Waals surface area contributed by atoms with E-state index in [1.165, 1.54) is 25.7 Å². The Bertz CT molecular complexity index is 391. The van der Waals surface area contributed by atoms with E-state index in [9.17, 15) is 0 Å². The summed E-state index contributed by atoms with van der Waals surface area (Å²) in [5.74, 6) is 0.950. The van der Waals surface area contributed by atoms with Crippen molar-refractivity contribution in [2.75, 3.05) is 59.7 Å². The molecule has 0 amide bonds. The van der Waals surface area contributed by atoms with Crippen LogP contribution >= 0.6 is 0 Å². The van der Waals surface area contributed by atoms with Crippen LogP contribution in [0.3, 0.4) is 0 Å². The Hall–Kier alpha value is -0.850. The first-order valence-electron chi connectivity index (χ1n) is 10.0. The first kappa shape index (κ1) is 20.5. The Balaban J connectivity index is 1.85. The van der Waals surface area contributed by atoms with Crippen molar-refractivity contribution < 1.29 is 9.47 Å². The number of hydrogen-bond acceptors (Lipinski definition) is 4. The molecule has 0 spiro atoms. The molecular weight excluding hydrogens is 316 g/mol. The molecule has 1 aliphatic heterocycles. The molecule has 1 heterocycles. The average molecular weight is 355 g/mol. The van der Waals surface area contributed by atoms with Crippen molar-refractivity contribution >= 4 is 5.96 Å². The van der Waals surface area contributed by atoms with Crippen LogP contribution in [0.25, 0.3) is 0 Å². The van der Waals surface area contributed by atoms with Gasteiger partial charge in [-0.25, -0.2) is 0 Å². The second-order valence-electron chi connectivity index (χ2n) is 7.52. The maximum atomic E-state index is 5.44. The Kier molecular flexibility index (Phi) is 8.99. The van der Waals surface area contributed by atoms with Crippen LogP contribution in [0, 0.1) is 5.41 Å². The molecule has 0 aromatic carbocycles. The van der Waals surface area contributed by atoms with Crippen molar-refractivity contribution in [3.8, 4) is 0 Å².